The fourth-order valence-corrected chi connectivity index (χ4v) is 3.82. The largest absolute Gasteiger partial charge is 0.394 e. The number of carbonyl (C=O) groups excluding carboxylic acids is 1. The Morgan fingerprint density at radius 1 is 1.15 bits per heavy atom. The van der Waals surface area contributed by atoms with Gasteiger partial charge in [0.15, 0.2) is 0 Å². The first-order valence-corrected chi connectivity index (χ1v) is 10.7. The number of aliphatic hydroxyl groups excluding tert-OH is 1. The second-order valence-electron chi connectivity index (χ2n) is 6.04. The Bertz CT molecular complexity index is 891. The summed E-state index contributed by atoms with van der Waals surface area (Å²) < 4.78 is 25.7. The predicted octanol–water partition coefficient (Wildman–Crippen LogP) is 2.30. The molecule has 0 aromatic heterocycles. The van der Waals surface area contributed by atoms with Crippen molar-refractivity contribution in [2.45, 2.75) is 18.5 Å². The van der Waals surface area contributed by atoms with Crippen molar-refractivity contribution in [2.24, 2.45) is 0 Å². The molecule has 0 radical (unpaired) electrons. The lowest BCUT2D eigenvalue weighted by Crippen LogP contribution is -2.49. The molecule has 0 aliphatic carbocycles. The van der Waals surface area contributed by atoms with Gasteiger partial charge in [0.05, 0.1) is 18.9 Å². The van der Waals surface area contributed by atoms with E-state index in [-0.39, 0.29) is 11.4 Å². The fourth-order valence-electron chi connectivity index (χ4n) is 2.57. The molecule has 2 rings (SSSR count). The van der Waals surface area contributed by atoms with Crippen molar-refractivity contribution in [1.29, 1.82) is 0 Å². The second-order valence-corrected chi connectivity index (χ2v) is 8.67. The minimum absolute atomic E-state index is 0.159. The maximum Gasteiger partial charge on any atom is 0.239 e. The summed E-state index contributed by atoms with van der Waals surface area (Å²) >= 11 is 12.0. The highest BCUT2D eigenvalue weighted by Gasteiger charge is 2.26. The lowest BCUT2D eigenvalue weighted by molar-refractivity contribution is -0.123. The molecule has 0 aliphatic rings. The van der Waals surface area contributed by atoms with Crippen LogP contribution in [0.3, 0.4) is 0 Å². The van der Waals surface area contributed by atoms with Gasteiger partial charge in [-0.2, -0.15) is 0 Å². The highest BCUT2D eigenvalue weighted by atomic mass is 35.5. The first-order chi connectivity index (χ1) is 12.7. The summed E-state index contributed by atoms with van der Waals surface area (Å²) in [6.07, 6.45) is 1.14. The van der Waals surface area contributed by atoms with Gasteiger partial charge in [0.2, 0.25) is 15.9 Å². The maximum absolute atomic E-state index is 12.7. The SMILES string of the molecule is CS(=O)(=O)NC(Cc1ccccc1)C(=O)NC(CO)c1ccc(Cl)cc1Cl. The van der Waals surface area contributed by atoms with Crippen molar-refractivity contribution in [3.8, 4) is 0 Å². The van der Waals surface area contributed by atoms with Gasteiger partial charge in [-0.25, -0.2) is 13.1 Å². The van der Waals surface area contributed by atoms with E-state index in [1.807, 2.05) is 6.07 Å². The number of rotatable bonds is 8. The molecule has 0 saturated heterocycles. The third-order valence-electron chi connectivity index (χ3n) is 3.79. The molecular weight excluding hydrogens is 411 g/mol. The van der Waals surface area contributed by atoms with Crippen molar-refractivity contribution in [2.75, 3.05) is 12.9 Å². The fraction of sp³-hybridized carbons (Fsp3) is 0.278. The third-order valence-corrected chi connectivity index (χ3v) is 5.07. The van der Waals surface area contributed by atoms with Crippen LogP contribution in [0.4, 0.5) is 0 Å². The van der Waals surface area contributed by atoms with Crippen molar-refractivity contribution < 1.29 is 18.3 Å². The molecule has 2 unspecified atom stereocenters. The van der Waals surface area contributed by atoms with Crippen LogP contribution in [0.15, 0.2) is 48.5 Å². The number of hydrogen-bond donors (Lipinski definition) is 3. The number of carbonyl (C=O) groups is 1. The highest BCUT2D eigenvalue weighted by molar-refractivity contribution is 7.88. The molecule has 2 atom stereocenters. The Morgan fingerprint density at radius 2 is 1.81 bits per heavy atom. The smallest absolute Gasteiger partial charge is 0.239 e. The zero-order valence-corrected chi connectivity index (χ0v) is 16.9. The number of sulfonamides is 1. The third kappa shape index (κ3) is 6.79. The van der Waals surface area contributed by atoms with E-state index in [9.17, 15) is 18.3 Å². The minimum atomic E-state index is -3.63. The molecule has 0 heterocycles. The van der Waals surface area contributed by atoms with Gasteiger partial charge in [-0.05, 0) is 29.7 Å². The highest BCUT2D eigenvalue weighted by Crippen LogP contribution is 2.26. The summed E-state index contributed by atoms with van der Waals surface area (Å²) in [7, 11) is -3.63. The molecule has 0 saturated carbocycles. The monoisotopic (exact) mass is 430 g/mol. The number of nitrogens with one attached hydrogen (secondary N) is 2. The summed E-state index contributed by atoms with van der Waals surface area (Å²) in [6.45, 7) is -0.413. The molecule has 1 amide bonds. The number of halogens is 2. The van der Waals surface area contributed by atoms with Gasteiger partial charge >= 0.3 is 0 Å². The van der Waals surface area contributed by atoms with Crippen LogP contribution in [-0.2, 0) is 21.2 Å². The van der Waals surface area contributed by atoms with Crippen LogP contribution in [0.1, 0.15) is 17.2 Å². The van der Waals surface area contributed by atoms with E-state index in [1.54, 1.807) is 36.4 Å². The van der Waals surface area contributed by atoms with E-state index in [4.69, 9.17) is 23.2 Å². The zero-order valence-electron chi connectivity index (χ0n) is 14.5. The van der Waals surface area contributed by atoms with Crippen LogP contribution in [0, 0.1) is 0 Å². The Labute approximate surface area is 168 Å². The summed E-state index contributed by atoms with van der Waals surface area (Å²) in [4.78, 5) is 12.7. The molecule has 2 aromatic carbocycles. The molecule has 3 N–H and O–H groups in total. The van der Waals surface area contributed by atoms with E-state index in [0.29, 0.717) is 10.6 Å². The van der Waals surface area contributed by atoms with E-state index >= 15 is 0 Å². The van der Waals surface area contributed by atoms with Gasteiger partial charge in [0.25, 0.3) is 0 Å². The molecule has 6 nitrogen and oxygen atoms in total. The molecule has 0 bridgehead atoms. The van der Waals surface area contributed by atoms with Crippen LogP contribution in [0.25, 0.3) is 0 Å². The topological polar surface area (TPSA) is 95.5 Å². The van der Waals surface area contributed by atoms with Gasteiger partial charge in [0.1, 0.15) is 6.04 Å². The standard InChI is InChI=1S/C18H20Cl2N2O4S/c1-27(25,26)22-16(9-12-5-3-2-4-6-12)18(24)21-17(11-23)14-8-7-13(19)10-15(14)20/h2-8,10,16-17,22-23H,9,11H2,1H3,(H,21,24). The average Bonchev–Trinajstić information content (AvgIpc) is 2.59. The van der Waals surface area contributed by atoms with Gasteiger partial charge in [-0.1, -0.05) is 59.6 Å². The van der Waals surface area contributed by atoms with Gasteiger partial charge < -0.3 is 10.4 Å². The van der Waals surface area contributed by atoms with Crippen LogP contribution >= 0.6 is 23.2 Å². The zero-order chi connectivity index (χ0) is 20.0. The van der Waals surface area contributed by atoms with Gasteiger partial charge in [-0.15, -0.1) is 0 Å². The number of benzene rings is 2. The van der Waals surface area contributed by atoms with E-state index < -0.39 is 34.6 Å². The Morgan fingerprint density at radius 3 is 2.37 bits per heavy atom. The van der Waals surface area contributed by atoms with Crippen molar-refractivity contribution in [3.05, 3.63) is 69.7 Å². The number of amides is 1. The molecule has 2 aromatic rings. The number of hydrogen-bond acceptors (Lipinski definition) is 4. The minimum Gasteiger partial charge on any atom is -0.394 e. The van der Waals surface area contributed by atoms with Gasteiger partial charge in [0, 0.05) is 10.0 Å². The van der Waals surface area contributed by atoms with Crippen LogP contribution in [0.2, 0.25) is 10.0 Å². The second kappa shape index (κ2) is 9.52. The lowest BCUT2D eigenvalue weighted by atomic mass is 10.0. The van der Waals surface area contributed by atoms with Crippen LogP contribution in [0.5, 0.6) is 0 Å². The molecular formula is C18H20Cl2N2O4S. The van der Waals surface area contributed by atoms with Crippen LogP contribution in [-0.4, -0.2) is 38.3 Å². The van der Waals surface area contributed by atoms with E-state index in [0.717, 1.165) is 11.8 Å². The van der Waals surface area contributed by atoms with Crippen molar-refractivity contribution >= 4 is 39.1 Å². The van der Waals surface area contributed by atoms with E-state index in [2.05, 4.69) is 10.0 Å². The number of aliphatic hydroxyl groups is 1. The van der Waals surface area contributed by atoms with Gasteiger partial charge in [-0.3, -0.25) is 4.79 Å². The normalized spacial score (nSPS) is 13.8. The maximum atomic E-state index is 12.7. The van der Waals surface area contributed by atoms with Crippen LogP contribution < -0.4 is 10.0 Å². The lowest BCUT2D eigenvalue weighted by Gasteiger charge is -2.23. The van der Waals surface area contributed by atoms with Crippen molar-refractivity contribution in [1.82, 2.24) is 10.0 Å². The molecule has 146 valence electrons. The summed E-state index contributed by atoms with van der Waals surface area (Å²) in [5.74, 6) is -0.575. The summed E-state index contributed by atoms with van der Waals surface area (Å²) in [5.41, 5.74) is 1.27. The average molecular weight is 431 g/mol. The Kier molecular flexibility index (Phi) is 7.64. The molecule has 27 heavy (non-hydrogen) atoms. The Balaban J connectivity index is 2.22. The Hall–Kier alpha value is -1.64. The van der Waals surface area contributed by atoms with E-state index in [1.165, 1.54) is 6.07 Å². The summed E-state index contributed by atoms with van der Waals surface area (Å²) in [6, 6.07) is 11.9. The quantitative estimate of drug-likeness (QED) is 0.598. The molecule has 0 spiro atoms. The molecule has 0 aliphatic heterocycles. The molecule has 0 fully saturated rings. The first-order valence-electron chi connectivity index (χ1n) is 8.07. The molecule has 9 heteroatoms. The first kappa shape index (κ1) is 21.7. The predicted molar refractivity (Wildman–Crippen MR) is 106 cm³/mol. The summed E-state index contributed by atoms with van der Waals surface area (Å²) in [5, 5.41) is 13.0. The van der Waals surface area contributed by atoms with Crippen molar-refractivity contribution in [3.63, 3.8) is 0 Å².